The first kappa shape index (κ1) is 4.40. The Kier molecular flexibility index (Phi) is 1.49. The number of rotatable bonds is 0. The van der Waals surface area contributed by atoms with Crippen molar-refractivity contribution >= 4 is 0 Å². The monoisotopic (exact) mass is 79.0 g/mol. The maximum atomic E-state index is 10.3. The predicted octanol–water partition coefficient (Wildman–Crippen LogP) is 0.0846. The Hall–Kier alpha value is -0.600. The van der Waals surface area contributed by atoms with Crippen molar-refractivity contribution in [3.05, 3.63) is 12.3 Å². The quantitative estimate of drug-likeness (QED) is 0.377. The van der Waals surface area contributed by atoms with Crippen LogP contribution in [0.25, 0.3) is 0 Å². The van der Waals surface area contributed by atoms with Gasteiger partial charge in [0.1, 0.15) is 0 Å². The molecule has 1 nitrogen and oxygen atoms in total. The Balaban J connectivity index is 3.14. The lowest BCUT2D eigenvalue weighted by atomic mass is 11.1. The second kappa shape index (κ2) is 1.69. The lowest BCUT2D eigenvalue weighted by molar-refractivity contribution is -0.279. The molecule has 0 saturated heterocycles. The van der Waals surface area contributed by atoms with Crippen molar-refractivity contribution < 1.29 is 13.9 Å². The molecule has 0 aliphatic carbocycles. The summed E-state index contributed by atoms with van der Waals surface area (Å²) in [5.74, 6) is 0. The average Bonchev–Trinajstić information content (AvgIpc) is 1.38. The largest absolute Gasteiger partial charge is 0.874 e. The summed E-state index contributed by atoms with van der Waals surface area (Å²) in [5.41, 5.74) is 0. The van der Waals surface area contributed by atoms with Crippen LogP contribution in [0.4, 0.5) is 8.78 Å². The summed E-state index contributed by atoms with van der Waals surface area (Å²) in [6, 6.07) is 0. The standard InChI is InChI=1S/C2H2F2O/c3-2(4)1-5/h1,5H/p-1. The molecular weight excluding hydrogens is 78.0 g/mol. The minimum atomic E-state index is -2.18. The van der Waals surface area contributed by atoms with Gasteiger partial charge in [-0.2, -0.15) is 8.78 Å². The van der Waals surface area contributed by atoms with Crippen LogP contribution in [0.2, 0.25) is 0 Å². The number of hydrogen-bond acceptors (Lipinski definition) is 1. The maximum absolute atomic E-state index is 10.3. The van der Waals surface area contributed by atoms with E-state index in [4.69, 9.17) is 5.11 Å². The first-order valence-corrected chi connectivity index (χ1v) is 0.902. The molecule has 5 heavy (non-hydrogen) atoms. The van der Waals surface area contributed by atoms with Crippen molar-refractivity contribution in [3.8, 4) is 0 Å². The highest BCUT2D eigenvalue weighted by Crippen LogP contribution is 1.88. The van der Waals surface area contributed by atoms with Gasteiger partial charge in [-0.05, 0) is 0 Å². The third-order valence-electron chi connectivity index (χ3n) is 0.0891. The molecular formula is C2HF2O-. The fourth-order valence-corrected chi connectivity index (χ4v) is 0. The smallest absolute Gasteiger partial charge is 0.255 e. The van der Waals surface area contributed by atoms with Gasteiger partial charge in [-0.3, -0.25) is 0 Å². The van der Waals surface area contributed by atoms with Crippen LogP contribution in [0.15, 0.2) is 12.3 Å². The molecule has 0 aromatic carbocycles. The van der Waals surface area contributed by atoms with Crippen molar-refractivity contribution in [2.45, 2.75) is 0 Å². The van der Waals surface area contributed by atoms with Gasteiger partial charge in [-0.25, -0.2) is 0 Å². The van der Waals surface area contributed by atoms with E-state index in [9.17, 15) is 8.78 Å². The summed E-state index contributed by atoms with van der Waals surface area (Å²) >= 11 is 0. The van der Waals surface area contributed by atoms with Crippen molar-refractivity contribution in [1.82, 2.24) is 0 Å². The van der Waals surface area contributed by atoms with Gasteiger partial charge in [0, 0.05) is 0 Å². The van der Waals surface area contributed by atoms with Crippen LogP contribution in [0.5, 0.6) is 0 Å². The minimum Gasteiger partial charge on any atom is -0.874 e. The molecule has 0 radical (unpaired) electrons. The molecule has 0 spiro atoms. The normalized spacial score (nSPS) is 6.80. The van der Waals surface area contributed by atoms with Crippen LogP contribution < -0.4 is 5.11 Å². The molecule has 0 atom stereocenters. The van der Waals surface area contributed by atoms with Crippen LogP contribution in [-0.4, -0.2) is 0 Å². The van der Waals surface area contributed by atoms with Crippen molar-refractivity contribution in [3.63, 3.8) is 0 Å². The molecule has 0 aliphatic heterocycles. The fraction of sp³-hybridized carbons (Fsp3) is 0. The van der Waals surface area contributed by atoms with Gasteiger partial charge in [-0.1, -0.05) is 6.26 Å². The van der Waals surface area contributed by atoms with Crippen LogP contribution in [-0.2, 0) is 0 Å². The molecule has 0 heterocycles. The highest BCUT2D eigenvalue weighted by molar-refractivity contribution is 4.63. The second-order valence-corrected chi connectivity index (χ2v) is 0.407. The molecule has 0 rings (SSSR count). The average molecular weight is 79.0 g/mol. The Morgan fingerprint density at radius 3 is 1.80 bits per heavy atom. The Morgan fingerprint density at radius 1 is 1.60 bits per heavy atom. The van der Waals surface area contributed by atoms with E-state index in [0.717, 1.165) is 0 Å². The van der Waals surface area contributed by atoms with E-state index < -0.39 is 12.3 Å². The van der Waals surface area contributed by atoms with Gasteiger partial charge in [-0.15, -0.1) is 0 Å². The topological polar surface area (TPSA) is 23.1 Å². The Bertz CT molecular complexity index is 45.6. The molecule has 0 N–H and O–H groups in total. The van der Waals surface area contributed by atoms with Crippen molar-refractivity contribution in [2.24, 2.45) is 0 Å². The molecule has 0 amide bonds. The van der Waals surface area contributed by atoms with Gasteiger partial charge in [0.2, 0.25) is 0 Å². The van der Waals surface area contributed by atoms with Crippen molar-refractivity contribution in [1.29, 1.82) is 0 Å². The SMILES string of the molecule is [O-]C=C(F)F. The van der Waals surface area contributed by atoms with Crippen LogP contribution in [0.3, 0.4) is 0 Å². The summed E-state index contributed by atoms with van der Waals surface area (Å²) in [5, 5.41) is 8.72. The van der Waals surface area contributed by atoms with Crippen LogP contribution >= 0.6 is 0 Å². The number of halogens is 2. The summed E-state index contributed by atoms with van der Waals surface area (Å²) in [4.78, 5) is 0. The van der Waals surface area contributed by atoms with Gasteiger partial charge in [0.15, 0.2) is 0 Å². The van der Waals surface area contributed by atoms with E-state index in [-0.39, 0.29) is 0 Å². The fourth-order valence-electron chi connectivity index (χ4n) is 0. The highest BCUT2D eigenvalue weighted by Gasteiger charge is 1.69. The van der Waals surface area contributed by atoms with Gasteiger partial charge >= 0.3 is 0 Å². The van der Waals surface area contributed by atoms with Crippen molar-refractivity contribution in [2.75, 3.05) is 0 Å². The number of hydrogen-bond donors (Lipinski definition) is 0. The van der Waals surface area contributed by atoms with E-state index in [1.165, 1.54) is 0 Å². The lowest BCUT2D eigenvalue weighted by Crippen LogP contribution is -1.84. The van der Waals surface area contributed by atoms with Gasteiger partial charge < -0.3 is 5.11 Å². The molecule has 0 aromatic rings. The Labute approximate surface area is 27.5 Å². The summed E-state index contributed by atoms with van der Waals surface area (Å²) in [6.07, 6.45) is -2.68. The van der Waals surface area contributed by atoms with Gasteiger partial charge in [0.05, 0.1) is 0 Å². The lowest BCUT2D eigenvalue weighted by Gasteiger charge is -1.79. The first-order valence-electron chi connectivity index (χ1n) is 0.902. The zero-order chi connectivity index (χ0) is 4.28. The molecule has 0 aliphatic rings. The molecule has 0 bridgehead atoms. The Morgan fingerprint density at radius 2 is 1.80 bits per heavy atom. The zero-order valence-corrected chi connectivity index (χ0v) is 2.24. The summed E-state index contributed by atoms with van der Waals surface area (Å²) < 4.78 is 20.6. The van der Waals surface area contributed by atoms with Gasteiger partial charge in [0.25, 0.3) is 6.08 Å². The summed E-state index contributed by atoms with van der Waals surface area (Å²) in [7, 11) is 0. The third kappa shape index (κ3) is 3.40. The van der Waals surface area contributed by atoms with E-state index in [0.29, 0.717) is 0 Å². The first-order chi connectivity index (χ1) is 2.27. The maximum Gasteiger partial charge on any atom is 0.255 e. The molecule has 0 unspecified atom stereocenters. The molecule has 0 saturated carbocycles. The molecule has 0 aromatic heterocycles. The van der Waals surface area contributed by atoms with E-state index >= 15 is 0 Å². The van der Waals surface area contributed by atoms with Crippen LogP contribution in [0, 0.1) is 0 Å². The highest BCUT2D eigenvalue weighted by atomic mass is 19.3. The van der Waals surface area contributed by atoms with E-state index in [1.54, 1.807) is 0 Å². The molecule has 30 valence electrons. The predicted molar refractivity (Wildman–Crippen MR) is 10.3 cm³/mol. The van der Waals surface area contributed by atoms with Crippen LogP contribution in [0.1, 0.15) is 0 Å². The van der Waals surface area contributed by atoms with E-state index in [2.05, 4.69) is 0 Å². The second-order valence-electron chi connectivity index (χ2n) is 0.407. The van der Waals surface area contributed by atoms with E-state index in [1.807, 2.05) is 0 Å². The molecule has 3 heteroatoms. The molecule has 0 fully saturated rings. The summed E-state index contributed by atoms with van der Waals surface area (Å²) in [6.45, 7) is 0. The third-order valence-corrected chi connectivity index (χ3v) is 0.0891. The minimum absolute atomic E-state index is 0.500. The zero-order valence-electron chi connectivity index (χ0n) is 2.24.